The van der Waals surface area contributed by atoms with Crippen LogP contribution in [0.1, 0.15) is 35.4 Å². The Morgan fingerprint density at radius 2 is 1.93 bits per heavy atom. The molecule has 7 heteroatoms. The van der Waals surface area contributed by atoms with E-state index in [-0.39, 0.29) is 5.91 Å². The summed E-state index contributed by atoms with van der Waals surface area (Å²) in [6, 6.07) is 7.77. The largest absolute Gasteiger partial charge is 0.489 e. The maximum atomic E-state index is 12.7. The molecule has 0 N–H and O–H groups in total. The van der Waals surface area contributed by atoms with Crippen LogP contribution in [-0.2, 0) is 22.6 Å². The first kappa shape index (κ1) is 20.9. The Kier molecular flexibility index (Phi) is 6.69. The van der Waals surface area contributed by atoms with Crippen molar-refractivity contribution in [2.24, 2.45) is 0 Å². The van der Waals surface area contributed by atoms with Crippen LogP contribution >= 0.6 is 0 Å². The SMILES string of the molecule is Cc1noc(C)c1COc1ccc(CC(=O)N2CCN(C[C@@H]3CCCO3)CC2)cc1. The van der Waals surface area contributed by atoms with Gasteiger partial charge in [0, 0.05) is 39.3 Å². The normalized spacial score (nSPS) is 19.9. The van der Waals surface area contributed by atoms with Gasteiger partial charge in [0.25, 0.3) is 0 Å². The molecule has 3 heterocycles. The first-order valence-corrected chi connectivity index (χ1v) is 10.8. The molecule has 0 unspecified atom stereocenters. The summed E-state index contributed by atoms with van der Waals surface area (Å²) in [6.45, 7) is 9.57. The number of ether oxygens (including phenoxy) is 2. The Bertz CT molecular complexity index is 815. The summed E-state index contributed by atoms with van der Waals surface area (Å²) in [7, 11) is 0. The van der Waals surface area contributed by atoms with Crippen LogP contribution in [0.4, 0.5) is 0 Å². The minimum atomic E-state index is 0.191. The van der Waals surface area contributed by atoms with E-state index < -0.39 is 0 Å². The van der Waals surface area contributed by atoms with E-state index in [1.807, 2.05) is 43.0 Å². The number of aryl methyl sites for hydroxylation is 2. The van der Waals surface area contributed by atoms with E-state index in [4.69, 9.17) is 14.0 Å². The number of piperazine rings is 1. The summed E-state index contributed by atoms with van der Waals surface area (Å²) >= 11 is 0. The van der Waals surface area contributed by atoms with Gasteiger partial charge in [-0.15, -0.1) is 0 Å². The van der Waals surface area contributed by atoms with Crippen molar-refractivity contribution in [1.29, 1.82) is 0 Å². The Labute approximate surface area is 177 Å². The lowest BCUT2D eigenvalue weighted by atomic mass is 10.1. The standard InChI is InChI=1S/C23H31N3O4/c1-17-22(18(2)30-24-17)16-29-20-7-5-19(6-8-20)14-23(27)26-11-9-25(10-12-26)15-21-4-3-13-28-21/h5-8,21H,3-4,9-16H2,1-2H3/t21-/m0/s1. The quantitative estimate of drug-likeness (QED) is 0.695. The third kappa shape index (κ3) is 5.21. The van der Waals surface area contributed by atoms with Crippen molar-refractivity contribution in [3.05, 3.63) is 46.8 Å². The average Bonchev–Trinajstić information content (AvgIpc) is 3.38. The summed E-state index contributed by atoms with van der Waals surface area (Å²) in [6.07, 6.45) is 3.14. The van der Waals surface area contributed by atoms with Gasteiger partial charge in [0.05, 0.1) is 23.8 Å². The van der Waals surface area contributed by atoms with Crippen LogP contribution in [-0.4, -0.2) is 66.3 Å². The van der Waals surface area contributed by atoms with Crippen LogP contribution < -0.4 is 4.74 Å². The predicted molar refractivity (Wildman–Crippen MR) is 112 cm³/mol. The molecule has 2 fully saturated rings. The fraction of sp³-hybridized carbons (Fsp3) is 0.565. The molecule has 1 amide bonds. The fourth-order valence-corrected chi connectivity index (χ4v) is 4.11. The van der Waals surface area contributed by atoms with Crippen molar-refractivity contribution in [1.82, 2.24) is 15.0 Å². The first-order valence-electron chi connectivity index (χ1n) is 10.8. The topological polar surface area (TPSA) is 68.0 Å². The number of carbonyl (C=O) groups excluding carboxylic acids is 1. The van der Waals surface area contributed by atoms with Gasteiger partial charge in [0.15, 0.2) is 0 Å². The molecule has 0 aliphatic carbocycles. The van der Waals surface area contributed by atoms with Crippen molar-refractivity contribution < 1.29 is 18.8 Å². The van der Waals surface area contributed by atoms with Crippen LogP contribution in [0.2, 0.25) is 0 Å². The zero-order chi connectivity index (χ0) is 20.9. The van der Waals surface area contributed by atoms with Crippen molar-refractivity contribution in [2.45, 2.75) is 45.8 Å². The molecule has 0 spiro atoms. The highest BCUT2D eigenvalue weighted by Gasteiger charge is 2.24. The summed E-state index contributed by atoms with van der Waals surface area (Å²) in [5.41, 5.74) is 2.84. The molecule has 2 aliphatic heterocycles. The molecule has 4 rings (SSSR count). The molecule has 1 aromatic carbocycles. The molecule has 162 valence electrons. The van der Waals surface area contributed by atoms with E-state index in [9.17, 15) is 4.79 Å². The van der Waals surface area contributed by atoms with Crippen molar-refractivity contribution in [3.8, 4) is 5.75 Å². The van der Waals surface area contributed by atoms with Crippen molar-refractivity contribution in [2.75, 3.05) is 39.3 Å². The number of aromatic nitrogens is 1. The highest BCUT2D eigenvalue weighted by molar-refractivity contribution is 5.79. The third-order valence-electron chi connectivity index (χ3n) is 6.05. The van der Waals surface area contributed by atoms with E-state index >= 15 is 0 Å². The number of benzene rings is 1. The molecule has 2 aliphatic rings. The van der Waals surface area contributed by atoms with Crippen molar-refractivity contribution >= 4 is 5.91 Å². The number of amides is 1. The zero-order valence-electron chi connectivity index (χ0n) is 17.9. The minimum Gasteiger partial charge on any atom is -0.489 e. The molecular formula is C23H31N3O4. The van der Waals surface area contributed by atoms with Crippen LogP contribution in [0, 0.1) is 13.8 Å². The van der Waals surface area contributed by atoms with Gasteiger partial charge in [0.1, 0.15) is 18.1 Å². The van der Waals surface area contributed by atoms with Gasteiger partial charge in [-0.1, -0.05) is 17.3 Å². The lowest BCUT2D eigenvalue weighted by molar-refractivity contribution is -0.132. The lowest BCUT2D eigenvalue weighted by Gasteiger charge is -2.35. The Hall–Kier alpha value is -2.38. The summed E-state index contributed by atoms with van der Waals surface area (Å²) in [4.78, 5) is 17.1. The van der Waals surface area contributed by atoms with Crippen LogP contribution in [0.15, 0.2) is 28.8 Å². The van der Waals surface area contributed by atoms with Gasteiger partial charge in [-0.2, -0.15) is 0 Å². The number of rotatable bonds is 7. The molecule has 1 aromatic heterocycles. The maximum Gasteiger partial charge on any atom is 0.227 e. The molecule has 2 saturated heterocycles. The van der Waals surface area contributed by atoms with Crippen molar-refractivity contribution in [3.63, 3.8) is 0 Å². The second-order valence-corrected chi connectivity index (χ2v) is 8.23. The zero-order valence-corrected chi connectivity index (χ0v) is 17.9. The van der Waals surface area contributed by atoms with E-state index in [0.29, 0.717) is 19.1 Å². The lowest BCUT2D eigenvalue weighted by Crippen LogP contribution is -2.50. The molecule has 0 bridgehead atoms. The van der Waals surface area contributed by atoms with Crippen LogP contribution in [0.3, 0.4) is 0 Å². The average molecular weight is 414 g/mol. The minimum absolute atomic E-state index is 0.191. The third-order valence-corrected chi connectivity index (χ3v) is 6.05. The molecule has 0 saturated carbocycles. The van der Waals surface area contributed by atoms with Gasteiger partial charge in [0.2, 0.25) is 5.91 Å². The predicted octanol–water partition coefficient (Wildman–Crippen LogP) is 2.74. The van der Waals surface area contributed by atoms with Crippen LogP contribution in [0.5, 0.6) is 5.75 Å². The monoisotopic (exact) mass is 413 g/mol. The van der Waals surface area contributed by atoms with Gasteiger partial charge < -0.3 is 18.9 Å². The Morgan fingerprint density at radius 3 is 2.57 bits per heavy atom. The first-order chi connectivity index (χ1) is 14.6. The summed E-state index contributed by atoms with van der Waals surface area (Å²) < 4.78 is 16.7. The molecule has 7 nitrogen and oxygen atoms in total. The number of hydrogen-bond donors (Lipinski definition) is 0. The molecular weight excluding hydrogens is 382 g/mol. The molecule has 1 atom stereocenters. The van der Waals surface area contributed by atoms with Crippen LogP contribution in [0.25, 0.3) is 0 Å². The Morgan fingerprint density at radius 1 is 1.17 bits per heavy atom. The van der Waals surface area contributed by atoms with E-state index in [0.717, 1.165) is 74.1 Å². The maximum absolute atomic E-state index is 12.7. The number of hydrogen-bond acceptors (Lipinski definition) is 6. The van der Waals surface area contributed by atoms with E-state index in [1.54, 1.807) is 0 Å². The molecule has 2 aromatic rings. The van der Waals surface area contributed by atoms with E-state index in [2.05, 4.69) is 10.1 Å². The molecule has 30 heavy (non-hydrogen) atoms. The number of nitrogens with zero attached hydrogens (tertiary/aromatic N) is 3. The smallest absolute Gasteiger partial charge is 0.227 e. The highest BCUT2D eigenvalue weighted by Crippen LogP contribution is 2.19. The van der Waals surface area contributed by atoms with Gasteiger partial charge >= 0.3 is 0 Å². The highest BCUT2D eigenvalue weighted by atomic mass is 16.5. The van der Waals surface area contributed by atoms with Gasteiger partial charge in [-0.25, -0.2) is 0 Å². The van der Waals surface area contributed by atoms with Gasteiger partial charge in [-0.05, 0) is 44.4 Å². The van der Waals surface area contributed by atoms with Gasteiger partial charge in [-0.3, -0.25) is 9.69 Å². The fourth-order valence-electron chi connectivity index (χ4n) is 4.11. The number of carbonyl (C=O) groups is 1. The second-order valence-electron chi connectivity index (χ2n) is 8.23. The Balaban J connectivity index is 1.22. The summed E-state index contributed by atoms with van der Waals surface area (Å²) in [5, 5.41) is 3.94. The summed E-state index contributed by atoms with van der Waals surface area (Å²) in [5.74, 6) is 1.75. The van der Waals surface area contributed by atoms with E-state index in [1.165, 1.54) is 6.42 Å². The molecule has 0 radical (unpaired) electrons. The second kappa shape index (κ2) is 9.62.